The van der Waals surface area contributed by atoms with E-state index in [0.29, 0.717) is 5.62 Å². The number of halogens is 1. The van der Waals surface area contributed by atoms with Gasteiger partial charge in [-0.3, -0.25) is 0 Å². The van der Waals surface area contributed by atoms with Crippen molar-refractivity contribution in [3.8, 4) is 0 Å². The van der Waals surface area contributed by atoms with E-state index >= 15 is 0 Å². The van der Waals surface area contributed by atoms with E-state index in [2.05, 4.69) is 28.9 Å². The van der Waals surface area contributed by atoms with Crippen molar-refractivity contribution in [1.82, 2.24) is 0 Å². The van der Waals surface area contributed by atoms with E-state index in [1.54, 1.807) is 0 Å². The Hall–Kier alpha value is 1.16. The van der Waals surface area contributed by atoms with Crippen LogP contribution in [-0.2, 0) is 9.05 Å². The number of rotatable bonds is 9. The molecule has 0 unspecified atom stereocenters. The molecule has 0 rings (SSSR count). The molecular weight excluding hydrogens is 285 g/mol. The van der Waals surface area contributed by atoms with Gasteiger partial charge < -0.3 is 0 Å². The summed E-state index contributed by atoms with van der Waals surface area (Å²) in [6.45, 7) is 5.77. The quantitative estimate of drug-likeness (QED) is 0.279. The summed E-state index contributed by atoms with van der Waals surface area (Å²) >= 11 is 8.83. The van der Waals surface area contributed by atoms with E-state index in [9.17, 15) is 0 Å². The summed E-state index contributed by atoms with van der Waals surface area (Å²) in [6, 6.07) is 0. The summed E-state index contributed by atoms with van der Waals surface area (Å²) in [6.07, 6.45) is 4.41. The third-order valence-electron chi connectivity index (χ3n) is 1.72. The van der Waals surface area contributed by atoms with Crippen molar-refractivity contribution >= 4 is 32.7 Å². The number of alkyl halides is 1. The molecule has 0 bridgehead atoms. The Bertz CT molecular complexity index is 164. The van der Waals surface area contributed by atoms with Gasteiger partial charge in [0.1, 0.15) is 0 Å². The van der Waals surface area contributed by atoms with Crippen molar-refractivity contribution in [1.29, 1.82) is 0 Å². The first-order chi connectivity index (χ1) is 6.68. The van der Waals surface area contributed by atoms with Crippen LogP contribution in [0.25, 0.3) is 0 Å². The first-order valence-corrected chi connectivity index (χ1v) is 9.68. The van der Waals surface area contributed by atoms with Crippen LogP contribution in [0.15, 0.2) is 0 Å². The van der Waals surface area contributed by atoms with Crippen LogP contribution >= 0.6 is 17.6 Å². The van der Waals surface area contributed by atoms with Gasteiger partial charge in [0.25, 0.3) is 0 Å². The van der Waals surface area contributed by atoms with Gasteiger partial charge in [0, 0.05) is 0 Å². The Morgan fingerprint density at radius 2 is 1.50 bits per heavy atom. The van der Waals surface area contributed by atoms with Crippen molar-refractivity contribution < 1.29 is 9.05 Å². The molecule has 0 aliphatic heterocycles. The van der Waals surface area contributed by atoms with E-state index in [1.807, 2.05) is 0 Å². The molecule has 0 atom stereocenters. The average molecular weight is 306 g/mol. The minimum atomic E-state index is -1.87. The minimum absolute atomic E-state index is 0.445. The first kappa shape index (κ1) is 15.2. The van der Waals surface area contributed by atoms with Crippen molar-refractivity contribution in [2.45, 2.75) is 39.5 Å². The standard InChI is InChI=1S/C9H20ClO2PSe/c1-3-5-7-11-13(14,9-10)12-8-6-4-2/h3-9H2,1-2H3. The Kier molecular flexibility index (Phi) is 10.2. The van der Waals surface area contributed by atoms with Crippen LogP contribution in [0.2, 0.25) is 0 Å². The van der Waals surface area contributed by atoms with Crippen molar-refractivity contribution in [2.75, 3.05) is 18.8 Å². The second kappa shape index (κ2) is 9.39. The molecule has 0 N–H and O–H groups in total. The molecule has 0 heterocycles. The zero-order valence-electron chi connectivity index (χ0n) is 9.00. The molecular formula is C9H20ClO2PSe. The van der Waals surface area contributed by atoms with Gasteiger partial charge in [-0.05, 0) is 0 Å². The zero-order valence-corrected chi connectivity index (χ0v) is 12.4. The molecule has 0 fully saturated rings. The molecule has 0 spiro atoms. The maximum atomic E-state index is 5.83. The van der Waals surface area contributed by atoms with Crippen molar-refractivity contribution in [3.63, 3.8) is 0 Å². The molecule has 0 aromatic carbocycles. The topological polar surface area (TPSA) is 18.5 Å². The predicted molar refractivity (Wildman–Crippen MR) is 65.1 cm³/mol. The van der Waals surface area contributed by atoms with Gasteiger partial charge in [0.15, 0.2) is 0 Å². The summed E-state index contributed by atoms with van der Waals surface area (Å²) in [7, 11) is 0. The summed E-state index contributed by atoms with van der Waals surface area (Å²) in [5.74, 6) is -1.87. The van der Waals surface area contributed by atoms with Gasteiger partial charge in [0.2, 0.25) is 0 Å². The van der Waals surface area contributed by atoms with Crippen LogP contribution in [0, 0.1) is 0 Å². The normalized spacial score (nSPS) is 11.9. The van der Waals surface area contributed by atoms with Crippen LogP contribution in [-0.4, -0.2) is 33.9 Å². The summed E-state index contributed by atoms with van der Waals surface area (Å²) in [5.41, 5.74) is 0.445. The second-order valence-corrected chi connectivity index (χ2v) is 9.30. The summed E-state index contributed by atoms with van der Waals surface area (Å²) < 4.78 is 11.3. The van der Waals surface area contributed by atoms with Crippen molar-refractivity contribution in [2.24, 2.45) is 0 Å². The number of unbranched alkanes of at least 4 members (excludes halogenated alkanes) is 2. The molecule has 0 aliphatic carbocycles. The van der Waals surface area contributed by atoms with Crippen molar-refractivity contribution in [3.05, 3.63) is 0 Å². The molecule has 14 heavy (non-hydrogen) atoms. The molecule has 86 valence electrons. The zero-order chi connectivity index (χ0) is 10.9. The van der Waals surface area contributed by atoms with Crippen LogP contribution in [0.3, 0.4) is 0 Å². The van der Waals surface area contributed by atoms with Crippen LogP contribution in [0.4, 0.5) is 0 Å². The Labute approximate surface area is 100 Å². The predicted octanol–water partition coefficient (Wildman–Crippen LogP) is 3.75. The summed E-state index contributed by atoms with van der Waals surface area (Å²) in [5, 5.41) is 0. The van der Waals surface area contributed by atoms with E-state index < -0.39 is 5.96 Å². The number of hydrogen-bond acceptors (Lipinski definition) is 2. The molecule has 0 aromatic rings. The number of hydrogen-bond donors (Lipinski definition) is 0. The fourth-order valence-electron chi connectivity index (χ4n) is 0.802. The Morgan fingerprint density at radius 3 is 1.79 bits per heavy atom. The van der Waals surface area contributed by atoms with Crippen LogP contribution in [0.1, 0.15) is 39.5 Å². The Morgan fingerprint density at radius 1 is 1.07 bits per heavy atom. The molecule has 5 heteroatoms. The molecule has 0 saturated carbocycles. The van der Waals surface area contributed by atoms with E-state index in [4.69, 9.17) is 20.6 Å². The third kappa shape index (κ3) is 7.45. The Balaban J connectivity index is 3.74. The summed E-state index contributed by atoms with van der Waals surface area (Å²) in [4.78, 5) is 0. The van der Waals surface area contributed by atoms with Gasteiger partial charge in [0.05, 0.1) is 0 Å². The molecule has 0 radical (unpaired) electrons. The molecule has 0 amide bonds. The van der Waals surface area contributed by atoms with E-state index in [-0.39, 0.29) is 0 Å². The SMILES string of the molecule is CCCCOP(=[Se])(CCl)OCCCC. The van der Waals surface area contributed by atoms with E-state index in [1.165, 1.54) is 0 Å². The first-order valence-electron chi connectivity index (χ1n) is 5.12. The molecule has 2 nitrogen and oxygen atoms in total. The fraction of sp³-hybridized carbons (Fsp3) is 1.00. The maximum absolute atomic E-state index is 5.83. The average Bonchev–Trinajstić information content (AvgIpc) is 2.19. The van der Waals surface area contributed by atoms with Crippen LogP contribution < -0.4 is 0 Å². The van der Waals surface area contributed by atoms with E-state index in [0.717, 1.165) is 38.9 Å². The fourth-order valence-corrected chi connectivity index (χ4v) is 3.18. The molecule has 0 aliphatic rings. The second-order valence-electron chi connectivity index (χ2n) is 3.10. The van der Waals surface area contributed by atoms with Gasteiger partial charge >= 0.3 is 100 Å². The molecule has 0 saturated heterocycles. The van der Waals surface area contributed by atoms with Gasteiger partial charge in [-0.2, -0.15) is 0 Å². The van der Waals surface area contributed by atoms with Gasteiger partial charge in [-0.15, -0.1) is 0 Å². The third-order valence-corrected chi connectivity index (χ3v) is 7.21. The van der Waals surface area contributed by atoms with Gasteiger partial charge in [-0.25, -0.2) is 0 Å². The van der Waals surface area contributed by atoms with Gasteiger partial charge in [-0.1, -0.05) is 0 Å². The van der Waals surface area contributed by atoms with Crippen LogP contribution in [0.5, 0.6) is 0 Å². The molecule has 0 aromatic heterocycles. The monoisotopic (exact) mass is 306 g/mol.